The Morgan fingerprint density at radius 2 is 1.87 bits per heavy atom. The number of benzene rings is 2. The van der Waals surface area contributed by atoms with Gasteiger partial charge in [0.05, 0.1) is 22.2 Å². The SMILES string of the molecule is N#Cc1ccc(N2CCN(C(=O)c3cc(Cc4n[nH]c(=O)c5ccc(OC(F)F)cc45)ccc3F)CC2)nc1. The summed E-state index contributed by atoms with van der Waals surface area (Å²) in [5.74, 6) is -0.575. The summed E-state index contributed by atoms with van der Waals surface area (Å²) in [5, 5.41) is 15.9. The fourth-order valence-corrected chi connectivity index (χ4v) is 4.50. The van der Waals surface area contributed by atoms with Crippen LogP contribution in [-0.2, 0) is 6.42 Å². The summed E-state index contributed by atoms with van der Waals surface area (Å²) >= 11 is 0. The van der Waals surface area contributed by atoms with Crippen LogP contribution in [0.4, 0.5) is 19.0 Å². The van der Waals surface area contributed by atoms with E-state index in [0.29, 0.717) is 54.2 Å². The number of piperazine rings is 1. The van der Waals surface area contributed by atoms with E-state index >= 15 is 0 Å². The molecule has 4 aromatic rings. The van der Waals surface area contributed by atoms with Gasteiger partial charge in [-0.3, -0.25) is 9.59 Å². The predicted molar refractivity (Wildman–Crippen MR) is 135 cm³/mol. The molecule has 1 saturated heterocycles. The molecule has 0 bridgehead atoms. The Balaban J connectivity index is 1.34. The van der Waals surface area contributed by atoms with Crippen molar-refractivity contribution in [3.63, 3.8) is 0 Å². The number of H-pyrrole nitrogens is 1. The molecule has 12 heteroatoms. The molecule has 198 valence electrons. The molecule has 0 unspecified atom stereocenters. The lowest BCUT2D eigenvalue weighted by Crippen LogP contribution is -2.49. The Hall–Kier alpha value is -4.92. The van der Waals surface area contributed by atoms with Gasteiger partial charge in [0.2, 0.25) is 0 Å². The maximum absolute atomic E-state index is 14.8. The molecule has 3 heterocycles. The number of hydrogen-bond donors (Lipinski definition) is 1. The van der Waals surface area contributed by atoms with Crippen LogP contribution in [0.1, 0.15) is 27.2 Å². The zero-order chi connectivity index (χ0) is 27.5. The van der Waals surface area contributed by atoms with Crippen LogP contribution in [0.25, 0.3) is 10.8 Å². The topological polar surface area (TPSA) is 115 Å². The third kappa shape index (κ3) is 5.52. The summed E-state index contributed by atoms with van der Waals surface area (Å²) in [6.07, 6.45) is 1.59. The highest BCUT2D eigenvalue weighted by Crippen LogP contribution is 2.25. The highest BCUT2D eigenvalue weighted by molar-refractivity contribution is 5.95. The van der Waals surface area contributed by atoms with Crippen LogP contribution >= 0.6 is 0 Å². The van der Waals surface area contributed by atoms with Gasteiger partial charge in [-0.05, 0) is 48.0 Å². The van der Waals surface area contributed by atoms with Crippen LogP contribution in [0.3, 0.4) is 0 Å². The quantitative estimate of drug-likeness (QED) is 0.403. The van der Waals surface area contributed by atoms with Gasteiger partial charge in [-0.15, -0.1) is 0 Å². The molecule has 0 aliphatic carbocycles. The molecular weight excluding hydrogens is 513 g/mol. The largest absolute Gasteiger partial charge is 0.435 e. The molecule has 0 spiro atoms. The maximum atomic E-state index is 14.8. The van der Waals surface area contributed by atoms with Crippen molar-refractivity contribution >= 4 is 22.5 Å². The van der Waals surface area contributed by atoms with Gasteiger partial charge >= 0.3 is 6.61 Å². The lowest BCUT2D eigenvalue weighted by atomic mass is 10.0. The van der Waals surface area contributed by atoms with Crippen LogP contribution in [-0.4, -0.2) is 58.8 Å². The summed E-state index contributed by atoms with van der Waals surface area (Å²) < 4.78 is 44.6. The predicted octanol–water partition coefficient (Wildman–Crippen LogP) is 3.48. The van der Waals surface area contributed by atoms with Crippen LogP contribution in [0.15, 0.2) is 59.5 Å². The third-order valence-electron chi connectivity index (χ3n) is 6.46. The highest BCUT2D eigenvalue weighted by Gasteiger charge is 2.25. The van der Waals surface area contributed by atoms with Crippen LogP contribution in [0, 0.1) is 17.1 Å². The number of anilines is 1. The third-order valence-corrected chi connectivity index (χ3v) is 6.46. The number of rotatable bonds is 6. The van der Waals surface area contributed by atoms with Crippen molar-refractivity contribution in [2.24, 2.45) is 0 Å². The lowest BCUT2D eigenvalue weighted by Gasteiger charge is -2.35. The van der Waals surface area contributed by atoms with Crippen LogP contribution in [0.2, 0.25) is 0 Å². The molecule has 1 aliphatic heterocycles. The smallest absolute Gasteiger partial charge is 0.387 e. The summed E-state index contributed by atoms with van der Waals surface area (Å²) in [6.45, 7) is -1.36. The number of aromatic amines is 1. The van der Waals surface area contributed by atoms with E-state index in [1.165, 1.54) is 42.6 Å². The number of ether oxygens (including phenoxy) is 1. The minimum Gasteiger partial charge on any atom is -0.435 e. The lowest BCUT2D eigenvalue weighted by molar-refractivity contribution is -0.0497. The number of hydrogen-bond acceptors (Lipinski definition) is 7. The Morgan fingerprint density at radius 3 is 2.56 bits per heavy atom. The minimum atomic E-state index is -3.03. The van der Waals surface area contributed by atoms with Crippen molar-refractivity contribution in [1.29, 1.82) is 5.26 Å². The summed E-state index contributed by atoms with van der Waals surface area (Å²) in [7, 11) is 0. The van der Waals surface area contributed by atoms with E-state index in [1.807, 2.05) is 11.0 Å². The standard InChI is InChI=1S/C27H21F3N6O3/c28-22-5-1-16(12-23-20-13-18(39-27(29)30)3-4-19(20)25(37)34-33-23)11-21(22)26(38)36-9-7-35(8-10-36)24-6-2-17(14-31)15-32-24/h1-6,11,13,15,27H,7-10,12H2,(H,34,37). The Kier molecular flexibility index (Phi) is 7.14. The monoisotopic (exact) mass is 534 g/mol. The fourth-order valence-electron chi connectivity index (χ4n) is 4.50. The van der Waals surface area contributed by atoms with Gasteiger partial charge in [-0.1, -0.05) is 6.07 Å². The highest BCUT2D eigenvalue weighted by atomic mass is 19.3. The number of pyridine rings is 1. The minimum absolute atomic E-state index is 0.101. The average Bonchev–Trinajstić information content (AvgIpc) is 2.95. The second-order valence-electron chi connectivity index (χ2n) is 8.87. The summed E-state index contributed by atoms with van der Waals surface area (Å²) in [6, 6.07) is 13.5. The van der Waals surface area contributed by atoms with Gasteiger partial charge < -0.3 is 14.5 Å². The number of carbonyl (C=O) groups is 1. The van der Waals surface area contributed by atoms with Crippen molar-refractivity contribution in [3.8, 4) is 11.8 Å². The molecule has 39 heavy (non-hydrogen) atoms. The van der Waals surface area contributed by atoms with E-state index in [4.69, 9.17) is 5.26 Å². The van der Waals surface area contributed by atoms with Crippen molar-refractivity contribution in [2.75, 3.05) is 31.1 Å². The van der Waals surface area contributed by atoms with Gasteiger partial charge in [0.25, 0.3) is 11.5 Å². The number of nitriles is 1. The first kappa shape index (κ1) is 25.7. The Labute approximate surface area is 220 Å². The first-order chi connectivity index (χ1) is 18.8. The molecule has 1 N–H and O–H groups in total. The molecule has 1 fully saturated rings. The molecule has 2 aromatic heterocycles. The first-order valence-corrected chi connectivity index (χ1v) is 12.0. The zero-order valence-electron chi connectivity index (χ0n) is 20.4. The van der Waals surface area contributed by atoms with Crippen molar-refractivity contribution < 1.29 is 22.7 Å². The van der Waals surface area contributed by atoms with E-state index in [-0.39, 0.29) is 23.1 Å². The van der Waals surface area contributed by atoms with Gasteiger partial charge in [-0.25, -0.2) is 14.5 Å². The summed E-state index contributed by atoms with van der Waals surface area (Å²) in [5.41, 5.74) is 0.740. The molecule has 0 radical (unpaired) electrons. The zero-order valence-corrected chi connectivity index (χ0v) is 20.4. The molecule has 5 rings (SSSR count). The van der Waals surface area contributed by atoms with Gasteiger partial charge in [0.1, 0.15) is 23.5 Å². The first-order valence-electron chi connectivity index (χ1n) is 12.0. The molecular formula is C27H21F3N6O3. The van der Waals surface area contributed by atoms with E-state index in [1.54, 1.807) is 17.0 Å². The molecule has 0 atom stereocenters. The van der Waals surface area contributed by atoms with Crippen molar-refractivity contribution in [2.45, 2.75) is 13.0 Å². The normalized spacial score (nSPS) is 13.5. The second kappa shape index (κ2) is 10.8. The number of carbonyl (C=O) groups excluding carboxylic acids is 1. The van der Waals surface area contributed by atoms with E-state index < -0.39 is 23.9 Å². The number of nitrogens with one attached hydrogen (secondary N) is 1. The number of fused-ring (bicyclic) bond motifs is 1. The maximum Gasteiger partial charge on any atom is 0.387 e. The molecule has 1 aliphatic rings. The fraction of sp³-hybridized carbons (Fsp3) is 0.222. The van der Waals surface area contributed by atoms with Crippen LogP contribution in [0.5, 0.6) is 5.75 Å². The number of amides is 1. The molecule has 1 amide bonds. The average molecular weight is 534 g/mol. The van der Waals surface area contributed by atoms with Gasteiger partial charge in [0.15, 0.2) is 0 Å². The van der Waals surface area contributed by atoms with Gasteiger partial charge in [-0.2, -0.15) is 19.1 Å². The van der Waals surface area contributed by atoms with Crippen molar-refractivity contribution in [1.82, 2.24) is 20.1 Å². The number of aromatic nitrogens is 3. The second-order valence-corrected chi connectivity index (χ2v) is 8.87. The molecule has 2 aromatic carbocycles. The van der Waals surface area contributed by atoms with Gasteiger partial charge in [0, 0.05) is 44.2 Å². The number of halogens is 3. The van der Waals surface area contributed by atoms with Crippen LogP contribution < -0.4 is 15.2 Å². The Bertz CT molecular complexity index is 1630. The Morgan fingerprint density at radius 1 is 1.08 bits per heavy atom. The van der Waals surface area contributed by atoms with E-state index in [0.717, 1.165) is 0 Å². The number of nitrogens with zero attached hydrogens (tertiary/aromatic N) is 5. The number of alkyl halides is 2. The molecule has 9 nitrogen and oxygen atoms in total. The van der Waals surface area contributed by atoms with Crippen molar-refractivity contribution in [3.05, 3.63) is 93.3 Å². The van der Waals surface area contributed by atoms with E-state index in [2.05, 4.69) is 19.9 Å². The van der Waals surface area contributed by atoms with E-state index in [9.17, 15) is 22.8 Å². The molecule has 0 saturated carbocycles. The summed E-state index contributed by atoms with van der Waals surface area (Å²) in [4.78, 5) is 33.2.